The van der Waals surface area contributed by atoms with E-state index >= 15 is 0 Å². The summed E-state index contributed by atoms with van der Waals surface area (Å²) in [7, 11) is -3.23. The number of benzene rings is 1. The Balaban J connectivity index is 2.85. The van der Waals surface area contributed by atoms with E-state index in [4.69, 9.17) is 9.63 Å². The molecular weight excluding hydrogens is 313 g/mol. The van der Waals surface area contributed by atoms with Crippen LogP contribution in [0.3, 0.4) is 0 Å². The van der Waals surface area contributed by atoms with Crippen molar-refractivity contribution in [2.24, 2.45) is 0 Å². The van der Waals surface area contributed by atoms with E-state index in [0.717, 1.165) is 5.57 Å². The Morgan fingerprint density at radius 3 is 2.61 bits per heavy atom. The van der Waals surface area contributed by atoms with Gasteiger partial charge in [-0.15, -0.1) is 0 Å². The van der Waals surface area contributed by atoms with Gasteiger partial charge in [0, 0.05) is 6.42 Å². The van der Waals surface area contributed by atoms with Crippen molar-refractivity contribution < 1.29 is 19.0 Å². The molecule has 0 bridgehead atoms. The minimum Gasteiger partial charge on any atom is -0.433 e. The van der Waals surface area contributed by atoms with Crippen LogP contribution in [-0.4, -0.2) is 29.7 Å². The normalized spacial score (nSPS) is 15.7. The molecule has 1 aromatic rings. The Hall–Kier alpha value is -1.42. The van der Waals surface area contributed by atoms with Gasteiger partial charge in [-0.05, 0) is 32.4 Å². The smallest absolute Gasteiger partial charge is 0.317 e. The summed E-state index contributed by atoms with van der Waals surface area (Å²) < 4.78 is 18.8. The second kappa shape index (κ2) is 9.66. The highest BCUT2D eigenvalue weighted by atomic mass is 31.2. The molecule has 0 aromatic heterocycles. The Bertz CT molecular complexity index is 571. The molecule has 0 saturated carbocycles. The summed E-state index contributed by atoms with van der Waals surface area (Å²) in [6.45, 7) is 5.25. The van der Waals surface area contributed by atoms with E-state index < -0.39 is 13.6 Å². The van der Waals surface area contributed by atoms with Gasteiger partial charge in [0.05, 0.1) is 18.8 Å². The molecule has 128 valence electrons. The van der Waals surface area contributed by atoms with E-state index in [1.165, 1.54) is 0 Å². The molecule has 0 heterocycles. The van der Waals surface area contributed by atoms with Crippen LogP contribution in [0.4, 0.5) is 0 Å². The number of hydrogen-bond donors (Lipinski definition) is 2. The highest BCUT2D eigenvalue weighted by Crippen LogP contribution is 2.44. The SMILES string of the molecule is CCC(=O)[C@H](C)NP(=O)(CC/C=C(\C)CO)Oc1ccccc1. The molecule has 5 nitrogen and oxygen atoms in total. The van der Waals surface area contributed by atoms with Crippen molar-refractivity contribution in [3.05, 3.63) is 42.0 Å². The third-order valence-corrected chi connectivity index (χ3v) is 5.52. The first-order valence-corrected chi connectivity index (χ1v) is 9.62. The maximum absolute atomic E-state index is 13.1. The van der Waals surface area contributed by atoms with Crippen LogP contribution in [0.2, 0.25) is 0 Å². The zero-order chi connectivity index (χ0) is 17.3. The lowest BCUT2D eigenvalue weighted by molar-refractivity contribution is -0.120. The molecular formula is C17H26NO4P. The maximum atomic E-state index is 13.1. The van der Waals surface area contributed by atoms with Crippen molar-refractivity contribution in [2.75, 3.05) is 12.8 Å². The molecule has 0 aliphatic carbocycles. The largest absolute Gasteiger partial charge is 0.433 e. The number of rotatable bonds is 10. The Morgan fingerprint density at radius 2 is 2.04 bits per heavy atom. The molecule has 0 radical (unpaired) electrons. The summed E-state index contributed by atoms with van der Waals surface area (Å²) in [5.74, 6) is 0.492. The van der Waals surface area contributed by atoms with Gasteiger partial charge in [0.15, 0.2) is 0 Å². The number of ketones is 1. The number of Topliss-reactive ketones (excluding diaryl/α,β-unsaturated/α-hetero) is 1. The van der Waals surface area contributed by atoms with E-state index in [9.17, 15) is 9.36 Å². The topological polar surface area (TPSA) is 75.6 Å². The lowest BCUT2D eigenvalue weighted by atomic mass is 10.2. The highest BCUT2D eigenvalue weighted by molar-refractivity contribution is 7.57. The zero-order valence-corrected chi connectivity index (χ0v) is 14.9. The van der Waals surface area contributed by atoms with E-state index in [1.807, 2.05) is 12.1 Å². The predicted octanol–water partition coefficient (Wildman–Crippen LogP) is 3.54. The average Bonchev–Trinajstić information content (AvgIpc) is 2.54. The predicted molar refractivity (Wildman–Crippen MR) is 92.9 cm³/mol. The molecule has 2 atom stereocenters. The van der Waals surface area contributed by atoms with Crippen LogP contribution in [0.1, 0.15) is 33.6 Å². The number of para-hydroxylation sites is 1. The van der Waals surface area contributed by atoms with E-state index in [1.54, 1.807) is 45.0 Å². The average molecular weight is 339 g/mol. The summed E-state index contributed by atoms with van der Waals surface area (Å²) in [4.78, 5) is 11.8. The molecule has 0 saturated heterocycles. The molecule has 0 fully saturated rings. The fourth-order valence-electron chi connectivity index (χ4n) is 2.01. The minimum absolute atomic E-state index is 0.0102. The molecule has 23 heavy (non-hydrogen) atoms. The molecule has 6 heteroatoms. The number of aliphatic hydroxyl groups excluding tert-OH is 1. The molecule has 0 aliphatic rings. The van der Waals surface area contributed by atoms with Gasteiger partial charge in [-0.25, -0.2) is 5.09 Å². The van der Waals surface area contributed by atoms with Gasteiger partial charge in [0.1, 0.15) is 11.5 Å². The summed E-state index contributed by atoms with van der Waals surface area (Å²) >= 11 is 0. The second-order valence-corrected chi connectivity index (χ2v) is 7.70. The molecule has 1 unspecified atom stereocenters. The Kier molecular flexibility index (Phi) is 8.24. The van der Waals surface area contributed by atoms with Gasteiger partial charge in [-0.1, -0.05) is 36.8 Å². The van der Waals surface area contributed by atoms with Gasteiger partial charge in [0.2, 0.25) is 0 Å². The quantitative estimate of drug-likeness (QED) is 0.504. The molecule has 1 aromatic carbocycles. The van der Waals surface area contributed by atoms with Crippen molar-refractivity contribution in [1.29, 1.82) is 0 Å². The van der Waals surface area contributed by atoms with E-state index in [-0.39, 0.29) is 18.6 Å². The third kappa shape index (κ3) is 7.12. The minimum atomic E-state index is -3.23. The monoisotopic (exact) mass is 339 g/mol. The number of carbonyl (C=O) groups is 1. The van der Waals surface area contributed by atoms with Crippen LogP contribution >= 0.6 is 7.52 Å². The van der Waals surface area contributed by atoms with Crippen LogP contribution < -0.4 is 9.61 Å². The first-order chi connectivity index (χ1) is 10.9. The fraction of sp³-hybridized carbons (Fsp3) is 0.471. The van der Waals surface area contributed by atoms with E-state index in [2.05, 4.69) is 5.09 Å². The van der Waals surface area contributed by atoms with Gasteiger partial charge < -0.3 is 9.63 Å². The number of allylic oxidation sites excluding steroid dienone is 1. The lowest BCUT2D eigenvalue weighted by Gasteiger charge is -2.23. The maximum Gasteiger partial charge on any atom is 0.317 e. The van der Waals surface area contributed by atoms with Crippen molar-refractivity contribution in [2.45, 2.75) is 39.7 Å². The van der Waals surface area contributed by atoms with Gasteiger partial charge >= 0.3 is 7.52 Å². The van der Waals surface area contributed by atoms with Gasteiger partial charge in [-0.2, -0.15) is 0 Å². The molecule has 1 rings (SSSR count). The van der Waals surface area contributed by atoms with Crippen LogP contribution in [-0.2, 0) is 9.36 Å². The van der Waals surface area contributed by atoms with Crippen molar-refractivity contribution in [1.82, 2.24) is 5.09 Å². The van der Waals surface area contributed by atoms with Gasteiger partial charge in [0.25, 0.3) is 0 Å². The van der Waals surface area contributed by atoms with Crippen molar-refractivity contribution >= 4 is 13.3 Å². The van der Waals surface area contributed by atoms with Crippen LogP contribution in [0.15, 0.2) is 42.0 Å². The Morgan fingerprint density at radius 1 is 1.39 bits per heavy atom. The fourth-order valence-corrected chi connectivity index (χ4v) is 3.95. The summed E-state index contributed by atoms with van der Waals surface area (Å²) in [6, 6.07) is 8.39. The highest BCUT2D eigenvalue weighted by Gasteiger charge is 2.28. The van der Waals surface area contributed by atoms with Gasteiger partial charge in [-0.3, -0.25) is 9.36 Å². The molecule has 0 amide bonds. The molecule has 2 N–H and O–H groups in total. The summed E-state index contributed by atoms with van der Waals surface area (Å²) in [5.41, 5.74) is 0.814. The van der Waals surface area contributed by atoms with Crippen LogP contribution in [0, 0.1) is 0 Å². The number of aliphatic hydroxyl groups is 1. The van der Waals surface area contributed by atoms with Crippen LogP contribution in [0.25, 0.3) is 0 Å². The number of hydrogen-bond acceptors (Lipinski definition) is 4. The second-order valence-electron chi connectivity index (χ2n) is 5.47. The molecule has 0 aliphatic heterocycles. The van der Waals surface area contributed by atoms with Crippen molar-refractivity contribution in [3.8, 4) is 5.75 Å². The first kappa shape index (κ1) is 19.6. The zero-order valence-electron chi connectivity index (χ0n) is 14.0. The van der Waals surface area contributed by atoms with Crippen LogP contribution in [0.5, 0.6) is 5.75 Å². The van der Waals surface area contributed by atoms with E-state index in [0.29, 0.717) is 18.6 Å². The van der Waals surface area contributed by atoms with Crippen molar-refractivity contribution in [3.63, 3.8) is 0 Å². The lowest BCUT2D eigenvalue weighted by Crippen LogP contribution is -2.33. The Labute approximate surface area is 138 Å². The summed E-state index contributed by atoms with van der Waals surface area (Å²) in [6.07, 6.45) is 2.95. The first-order valence-electron chi connectivity index (χ1n) is 7.81. The standard InChI is InChI=1S/C17H26NO4P/c1-4-17(20)15(3)18-23(21,12-8-9-14(2)13-19)22-16-10-6-5-7-11-16/h5-7,9-11,15,19H,4,8,12-13H2,1-3H3,(H,18,21)/b14-9+/t15-,23?/m0/s1. The number of carbonyl (C=O) groups excluding carboxylic acids is 1. The third-order valence-electron chi connectivity index (χ3n) is 3.38. The number of nitrogens with one attached hydrogen (secondary N) is 1. The molecule has 0 spiro atoms. The summed E-state index contributed by atoms with van der Waals surface area (Å²) in [5, 5.41) is 11.9.